The molecule has 3 nitrogen and oxygen atoms in total. The second-order valence-electron chi connectivity index (χ2n) is 5.41. The molecule has 3 saturated heterocycles. The van der Waals surface area contributed by atoms with E-state index in [2.05, 4.69) is 30.3 Å². The number of hydrogen-bond donors (Lipinski definition) is 0. The zero-order valence-electron chi connectivity index (χ0n) is 10.3. The van der Waals surface area contributed by atoms with E-state index in [9.17, 15) is 0 Å². The Balaban J connectivity index is 1.64. The van der Waals surface area contributed by atoms with Gasteiger partial charge in [0.15, 0.2) is 0 Å². The Morgan fingerprint density at radius 2 is 1.78 bits per heavy atom. The molecular weight excluding hydrogens is 295 g/mol. The predicted octanol–water partition coefficient (Wildman–Crippen LogP) is 1.38. The van der Waals surface area contributed by atoms with Gasteiger partial charge in [0.2, 0.25) is 0 Å². The van der Waals surface area contributed by atoms with Gasteiger partial charge in [-0.15, -0.1) is 0 Å². The van der Waals surface area contributed by atoms with Gasteiger partial charge < -0.3 is 0 Å². The van der Waals surface area contributed by atoms with Gasteiger partial charge in [0.05, 0.1) is 0 Å². The first kappa shape index (κ1) is 11.4. The summed E-state index contributed by atoms with van der Waals surface area (Å²) in [7, 11) is 0. The maximum atomic E-state index is 6.19. The van der Waals surface area contributed by atoms with Crippen molar-refractivity contribution in [3.8, 4) is 0 Å². The van der Waals surface area contributed by atoms with Crippen molar-refractivity contribution >= 4 is 19.4 Å². The van der Waals surface area contributed by atoms with Crippen LogP contribution in [0.4, 0.5) is 0 Å². The van der Waals surface area contributed by atoms with Crippen molar-refractivity contribution < 1.29 is 14.2 Å². The van der Waals surface area contributed by atoms with Crippen LogP contribution in [0, 0.1) is 0 Å². The molecule has 1 aromatic carbocycles. The van der Waals surface area contributed by atoms with Crippen LogP contribution in [0.3, 0.4) is 0 Å². The zero-order chi connectivity index (χ0) is 12.2. The quantitative estimate of drug-likeness (QED) is 0.773. The molecule has 0 amide bonds. The van der Waals surface area contributed by atoms with Crippen LogP contribution >= 0.6 is 0 Å². The molecule has 5 rings (SSSR count). The van der Waals surface area contributed by atoms with Gasteiger partial charge in [-0.2, -0.15) is 0 Å². The van der Waals surface area contributed by atoms with Gasteiger partial charge in [0, 0.05) is 0 Å². The third kappa shape index (κ3) is 1.84. The number of benzene rings is 1. The first-order valence-corrected chi connectivity index (χ1v) is 8.16. The number of ether oxygens (including phenoxy) is 3. The van der Waals surface area contributed by atoms with E-state index in [1.54, 1.807) is 0 Å². The summed E-state index contributed by atoms with van der Waals surface area (Å²) in [6.07, 6.45) is 3.73. The fourth-order valence-electron chi connectivity index (χ4n) is 3.33. The molecule has 2 unspecified atom stereocenters. The van der Waals surface area contributed by atoms with Crippen LogP contribution in [-0.2, 0) is 14.2 Å². The van der Waals surface area contributed by atoms with Gasteiger partial charge in [0.25, 0.3) is 0 Å². The Hall–Kier alpha value is -0.381. The van der Waals surface area contributed by atoms with E-state index in [1.165, 1.54) is 4.46 Å². The Labute approximate surface area is 113 Å². The van der Waals surface area contributed by atoms with Gasteiger partial charge in [-0.25, -0.2) is 0 Å². The van der Waals surface area contributed by atoms with E-state index in [4.69, 9.17) is 14.2 Å². The van der Waals surface area contributed by atoms with Crippen LogP contribution < -0.4 is 4.46 Å². The van der Waals surface area contributed by atoms with Crippen molar-refractivity contribution in [2.24, 2.45) is 0 Å². The van der Waals surface area contributed by atoms with E-state index in [-0.39, 0.29) is 4.50 Å². The molecule has 3 aliphatic heterocycles. The normalized spacial score (nSPS) is 45.4. The van der Waals surface area contributed by atoms with Crippen molar-refractivity contribution in [3.63, 3.8) is 0 Å². The molecule has 96 valence electrons. The standard InChI is InChI=1S/C14H16O3Se/c1-13-15-10-7-11(16-13)9-14(8-10,17-13)18-12-5-3-2-4-6-12/h2-6,10-11H,7-9H2,1H3/t10-,11+,13?,14?. The monoisotopic (exact) mass is 312 g/mol. The third-order valence-electron chi connectivity index (χ3n) is 3.78. The molecule has 18 heavy (non-hydrogen) atoms. The molecule has 0 N–H and O–H groups in total. The summed E-state index contributed by atoms with van der Waals surface area (Å²) in [6.45, 7) is 1.92. The molecule has 1 aromatic rings. The van der Waals surface area contributed by atoms with Crippen molar-refractivity contribution in [2.75, 3.05) is 0 Å². The Bertz CT molecular complexity index is 447. The van der Waals surface area contributed by atoms with Crippen molar-refractivity contribution in [1.82, 2.24) is 0 Å². The van der Waals surface area contributed by atoms with Crippen LogP contribution in [0.2, 0.25) is 0 Å². The van der Waals surface area contributed by atoms with Gasteiger partial charge in [-0.05, 0) is 0 Å². The van der Waals surface area contributed by atoms with E-state index in [0.29, 0.717) is 27.2 Å². The second kappa shape index (κ2) is 3.81. The molecule has 4 atom stereocenters. The van der Waals surface area contributed by atoms with Crippen molar-refractivity contribution in [2.45, 2.75) is 48.9 Å². The average Bonchev–Trinajstić information content (AvgIpc) is 2.25. The minimum absolute atomic E-state index is 0.0206. The van der Waals surface area contributed by atoms with Gasteiger partial charge >= 0.3 is 113 Å². The van der Waals surface area contributed by atoms with Crippen LogP contribution in [0.5, 0.6) is 0 Å². The number of rotatable bonds is 2. The summed E-state index contributed by atoms with van der Waals surface area (Å²) >= 11 is 0.319. The molecular formula is C14H16O3Se. The average molecular weight is 311 g/mol. The van der Waals surface area contributed by atoms with Crippen LogP contribution in [-0.4, -0.2) is 37.6 Å². The zero-order valence-corrected chi connectivity index (χ0v) is 12.0. The summed E-state index contributed by atoms with van der Waals surface area (Å²) < 4.78 is 19.2. The minimum atomic E-state index is -0.791. The fraction of sp³-hybridized carbons (Fsp3) is 0.571. The summed E-state index contributed by atoms with van der Waals surface area (Å²) in [5.41, 5.74) is 0. The molecule has 4 aliphatic rings. The van der Waals surface area contributed by atoms with E-state index >= 15 is 0 Å². The predicted molar refractivity (Wildman–Crippen MR) is 67.6 cm³/mol. The summed E-state index contributed by atoms with van der Waals surface area (Å²) in [4.78, 5) is 0. The topological polar surface area (TPSA) is 27.7 Å². The summed E-state index contributed by atoms with van der Waals surface area (Å²) in [6, 6.07) is 10.7. The SMILES string of the molecule is CC12O[C@@H]3C[C@@H](CC([Se]c4ccccc4)(C3)O1)O2. The third-order valence-corrected chi connectivity index (χ3v) is 6.50. The fourth-order valence-corrected chi connectivity index (χ4v) is 6.38. The Morgan fingerprint density at radius 3 is 2.39 bits per heavy atom. The van der Waals surface area contributed by atoms with Crippen molar-refractivity contribution in [3.05, 3.63) is 30.3 Å². The first-order chi connectivity index (χ1) is 8.65. The molecule has 1 aliphatic carbocycles. The second-order valence-corrected chi connectivity index (χ2v) is 8.39. The summed E-state index contributed by atoms with van der Waals surface area (Å²) in [5.74, 6) is -0.791. The van der Waals surface area contributed by atoms with Gasteiger partial charge in [-0.3, -0.25) is 0 Å². The molecule has 0 aromatic heterocycles. The van der Waals surface area contributed by atoms with E-state index < -0.39 is 5.97 Å². The maximum absolute atomic E-state index is 6.19. The molecule has 4 heteroatoms. The van der Waals surface area contributed by atoms with E-state index in [0.717, 1.165) is 19.3 Å². The van der Waals surface area contributed by atoms with Crippen LogP contribution in [0.1, 0.15) is 26.2 Å². The molecule has 1 saturated carbocycles. The molecule has 3 heterocycles. The Morgan fingerprint density at radius 1 is 1.11 bits per heavy atom. The molecule has 0 spiro atoms. The van der Waals surface area contributed by atoms with Crippen LogP contribution in [0.25, 0.3) is 0 Å². The molecule has 4 fully saturated rings. The van der Waals surface area contributed by atoms with E-state index in [1.807, 2.05) is 6.92 Å². The Kier molecular flexibility index (Phi) is 2.42. The number of hydrogen-bond acceptors (Lipinski definition) is 3. The van der Waals surface area contributed by atoms with Gasteiger partial charge in [0.1, 0.15) is 0 Å². The molecule has 4 bridgehead atoms. The molecule has 0 radical (unpaired) electrons. The van der Waals surface area contributed by atoms with Crippen LogP contribution in [0.15, 0.2) is 30.3 Å². The first-order valence-electron chi connectivity index (χ1n) is 6.45. The van der Waals surface area contributed by atoms with Crippen molar-refractivity contribution in [1.29, 1.82) is 0 Å². The van der Waals surface area contributed by atoms with Gasteiger partial charge in [-0.1, -0.05) is 0 Å². The summed E-state index contributed by atoms with van der Waals surface area (Å²) in [5, 5.41) is 0.